The molecule has 0 bridgehead atoms. The van der Waals surface area contributed by atoms with E-state index in [0.29, 0.717) is 17.9 Å². The van der Waals surface area contributed by atoms with E-state index in [-0.39, 0.29) is 5.91 Å². The number of anilines is 1. The van der Waals surface area contributed by atoms with E-state index < -0.39 is 12.1 Å². The van der Waals surface area contributed by atoms with Crippen LogP contribution in [0, 0.1) is 0 Å². The Morgan fingerprint density at radius 3 is 2.25 bits per heavy atom. The van der Waals surface area contributed by atoms with Gasteiger partial charge in [0.15, 0.2) is 6.10 Å². The van der Waals surface area contributed by atoms with Crippen LogP contribution in [-0.4, -0.2) is 24.6 Å². The summed E-state index contributed by atoms with van der Waals surface area (Å²) in [5.74, 6) is -0.0768. The second-order valence-electron chi connectivity index (χ2n) is 6.71. The van der Waals surface area contributed by atoms with Crippen molar-refractivity contribution in [2.24, 2.45) is 0 Å². The minimum Gasteiger partial charge on any atom is -0.479 e. The molecule has 0 saturated carbocycles. The Bertz CT molecular complexity index is 753. The van der Waals surface area contributed by atoms with Gasteiger partial charge in [0.2, 0.25) is 0 Å². The number of carbonyl (C=O) groups is 2. The highest BCUT2D eigenvalue weighted by Gasteiger charge is 2.16. The van der Waals surface area contributed by atoms with Crippen LogP contribution in [-0.2, 0) is 16.0 Å². The quantitative estimate of drug-likeness (QED) is 0.586. The van der Waals surface area contributed by atoms with Gasteiger partial charge in [0.1, 0.15) is 5.75 Å². The zero-order valence-corrected chi connectivity index (χ0v) is 16.9. The summed E-state index contributed by atoms with van der Waals surface area (Å²) in [6.45, 7) is 6.13. The van der Waals surface area contributed by atoms with Crippen molar-refractivity contribution >= 4 is 17.6 Å². The van der Waals surface area contributed by atoms with E-state index in [1.807, 2.05) is 31.2 Å². The smallest absolute Gasteiger partial charge is 0.347 e. The van der Waals surface area contributed by atoms with Gasteiger partial charge in [0, 0.05) is 11.3 Å². The maximum Gasteiger partial charge on any atom is 0.347 e. The minimum absolute atomic E-state index is 0.191. The number of esters is 1. The third-order valence-electron chi connectivity index (χ3n) is 4.24. The number of hydrogen-bond acceptors (Lipinski definition) is 4. The molecule has 0 aliphatic carbocycles. The molecule has 1 amide bonds. The van der Waals surface area contributed by atoms with E-state index >= 15 is 0 Å². The summed E-state index contributed by atoms with van der Waals surface area (Å²) in [5, 5.41) is 2.89. The van der Waals surface area contributed by atoms with Gasteiger partial charge >= 0.3 is 5.97 Å². The summed E-state index contributed by atoms with van der Waals surface area (Å²) in [7, 11) is 0. The van der Waals surface area contributed by atoms with Crippen molar-refractivity contribution in [3.63, 3.8) is 0 Å². The van der Waals surface area contributed by atoms with Gasteiger partial charge in [0.05, 0.1) is 6.61 Å². The summed E-state index contributed by atoms with van der Waals surface area (Å²) in [5.41, 5.74) is 2.55. The Kier molecular flexibility index (Phi) is 8.53. The van der Waals surface area contributed by atoms with Crippen molar-refractivity contribution in [1.82, 2.24) is 0 Å². The lowest BCUT2D eigenvalue weighted by molar-refractivity contribution is -0.151. The molecule has 5 nitrogen and oxygen atoms in total. The number of hydrogen-bond donors (Lipinski definition) is 1. The van der Waals surface area contributed by atoms with Crippen molar-refractivity contribution in [3.05, 3.63) is 59.7 Å². The molecular formula is C23H29NO4. The van der Waals surface area contributed by atoms with Crippen LogP contribution in [0.1, 0.15) is 56.0 Å². The van der Waals surface area contributed by atoms with E-state index in [1.165, 1.54) is 5.56 Å². The van der Waals surface area contributed by atoms with Gasteiger partial charge in [-0.3, -0.25) is 4.79 Å². The normalized spacial score (nSPS) is 11.5. The van der Waals surface area contributed by atoms with Crippen LogP contribution in [0.5, 0.6) is 5.75 Å². The summed E-state index contributed by atoms with van der Waals surface area (Å²) in [4.78, 5) is 24.2. The van der Waals surface area contributed by atoms with Gasteiger partial charge in [-0.05, 0) is 68.1 Å². The molecule has 2 aromatic rings. The molecule has 150 valence electrons. The van der Waals surface area contributed by atoms with Gasteiger partial charge in [-0.1, -0.05) is 32.4 Å². The van der Waals surface area contributed by atoms with E-state index in [1.54, 1.807) is 31.2 Å². The van der Waals surface area contributed by atoms with Crippen LogP contribution in [0.4, 0.5) is 5.69 Å². The number of aryl methyl sites for hydroxylation is 1. The zero-order chi connectivity index (χ0) is 20.4. The largest absolute Gasteiger partial charge is 0.479 e. The van der Waals surface area contributed by atoms with Crippen molar-refractivity contribution in [2.45, 2.75) is 52.6 Å². The first kappa shape index (κ1) is 21.5. The molecule has 0 unspecified atom stereocenters. The zero-order valence-electron chi connectivity index (χ0n) is 16.9. The minimum atomic E-state index is -0.697. The molecule has 1 N–H and O–H groups in total. The van der Waals surface area contributed by atoms with Crippen molar-refractivity contribution in [1.29, 1.82) is 0 Å². The van der Waals surface area contributed by atoms with Gasteiger partial charge in [-0.25, -0.2) is 4.79 Å². The fourth-order valence-electron chi connectivity index (χ4n) is 2.60. The van der Waals surface area contributed by atoms with Gasteiger partial charge in [-0.15, -0.1) is 0 Å². The molecular weight excluding hydrogens is 354 g/mol. The van der Waals surface area contributed by atoms with Gasteiger partial charge in [-0.2, -0.15) is 0 Å². The average molecular weight is 383 g/mol. The number of rotatable bonds is 10. The van der Waals surface area contributed by atoms with Crippen LogP contribution >= 0.6 is 0 Å². The molecule has 1 atom stereocenters. The van der Waals surface area contributed by atoms with Gasteiger partial charge in [0.25, 0.3) is 5.91 Å². The van der Waals surface area contributed by atoms with Crippen molar-refractivity contribution in [2.75, 3.05) is 11.9 Å². The number of amides is 1. The van der Waals surface area contributed by atoms with E-state index in [9.17, 15) is 9.59 Å². The summed E-state index contributed by atoms with van der Waals surface area (Å²) in [6.07, 6.45) is 3.45. The van der Waals surface area contributed by atoms with Crippen LogP contribution in [0.25, 0.3) is 0 Å². The molecule has 2 rings (SSSR count). The Hall–Kier alpha value is -2.82. The number of unbranched alkanes of at least 4 members (excludes halogenated alkanes) is 1. The van der Waals surface area contributed by atoms with Crippen molar-refractivity contribution < 1.29 is 19.1 Å². The lowest BCUT2D eigenvalue weighted by Crippen LogP contribution is -2.26. The highest BCUT2D eigenvalue weighted by molar-refractivity contribution is 6.04. The monoisotopic (exact) mass is 383 g/mol. The summed E-state index contributed by atoms with van der Waals surface area (Å²) in [6, 6.07) is 14.6. The number of benzene rings is 2. The summed E-state index contributed by atoms with van der Waals surface area (Å²) < 4.78 is 10.6. The highest BCUT2D eigenvalue weighted by Crippen LogP contribution is 2.17. The maximum atomic E-state index is 12.4. The average Bonchev–Trinajstić information content (AvgIpc) is 2.71. The third kappa shape index (κ3) is 6.72. The third-order valence-corrected chi connectivity index (χ3v) is 4.24. The molecule has 2 aromatic carbocycles. The maximum absolute atomic E-state index is 12.4. The second kappa shape index (κ2) is 11.1. The van der Waals surface area contributed by atoms with Crippen LogP contribution in [0.2, 0.25) is 0 Å². The predicted octanol–water partition coefficient (Wildman–Crippen LogP) is 5.00. The highest BCUT2D eigenvalue weighted by atomic mass is 16.6. The van der Waals surface area contributed by atoms with E-state index in [0.717, 1.165) is 31.4 Å². The Morgan fingerprint density at radius 2 is 1.64 bits per heavy atom. The summed E-state index contributed by atoms with van der Waals surface area (Å²) >= 11 is 0. The molecule has 0 aliphatic rings. The fourth-order valence-corrected chi connectivity index (χ4v) is 2.60. The topological polar surface area (TPSA) is 64.6 Å². The predicted molar refractivity (Wildman–Crippen MR) is 111 cm³/mol. The molecule has 28 heavy (non-hydrogen) atoms. The first-order chi connectivity index (χ1) is 13.5. The van der Waals surface area contributed by atoms with Gasteiger partial charge < -0.3 is 14.8 Å². The van der Waals surface area contributed by atoms with Crippen molar-refractivity contribution in [3.8, 4) is 5.75 Å². The van der Waals surface area contributed by atoms with Crippen LogP contribution < -0.4 is 10.1 Å². The second-order valence-corrected chi connectivity index (χ2v) is 6.71. The standard InChI is InChI=1S/C23H29NO4/c1-4-6-7-18-8-12-20(13-9-18)24-22(25)19-10-14-21(15-11-19)28-17(3)23(26)27-16-5-2/h8-15,17H,4-7,16H2,1-3H3,(H,24,25)/t17-/m1/s1. The Morgan fingerprint density at radius 1 is 0.964 bits per heavy atom. The molecule has 0 fully saturated rings. The Labute approximate surface area is 167 Å². The first-order valence-corrected chi connectivity index (χ1v) is 9.87. The molecule has 0 heterocycles. The SMILES string of the molecule is CCCCc1ccc(NC(=O)c2ccc(O[C@H](C)C(=O)OCCC)cc2)cc1. The Balaban J connectivity index is 1.89. The molecule has 0 spiro atoms. The molecule has 0 saturated heterocycles. The van der Waals surface area contributed by atoms with E-state index in [4.69, 9.17) is 9.47 Å². The first-order valence-electron chi connectivity index (χ1n) is 9.87. The number of carbonyl (C=O) groups excluding carboxylic acids is 2. The number of ether oxygens (including phenoxy) is 2. The fraction of sp³-hybridized carbons (Fsp3) is 0.391. The van der Waals surface area contributed by atoms with Crippen LogP contribution in [0.3, 0.4) is 0 Å². The molecule has 0 aliphatic heterocycles. The molecule has 0 radical (unpaired) electrons. The lowest BCUT2D eigenvalue weighted by Gasteiger charge is -2.14. The molecule has 5 heteroatoms. The van der Waals surface area contributed by atoms with E-state index in [2.05, 4.69) is 12.2 Å². The lowest BCUT2D eigenvalue weighted by atomic mass is 10.1. The number of nitrogens with one attached hydrogen (secondary N) is 1. The molecule has 0 aromatic heterocycles. The van der Waals surface area contributed by atoms with Crippen LogP contribution in [0.15, 0.2) is 48.5 Å².